The molecule has 0 unspecified atom stereocenters. The molecule has 2 heterocycles. The van der Waals surface area contributed by atoms with Crippen molar-refractivity contribution in [2.45, 2.75) is 19.4 Å². The number of carbonyl (C=O) groups is 1. The quantitative estimate of drug-likeness (QED) is 0.826. The predicted molar refractivity (Wildman–Crippen MR) is 87.4 cm³/mol. The third kappa shape index (κ3) is 3.28. The lowest BCUT2D eigenvalue weighted by Crippen LogP contribution is -2.38. The molecule has 1 aliphatic heterocycles. The van der Waals surface area contributed by atoms with E-state index in [-0.39, 0.29) is 34.7 Å². The van der Waals surface area contributed by atoms with Crippen LogP contribution in [0.1, 0.15) is 22.5 Å². The van der Waals surface area contributed by atoms with Crippen LogP contribution in [0.5, 0.6) is 0 Å². The van der Waals surface area contributed by atoms with E-state index in [1.807, 2.05) is 0 Å². The number of benzene rings is 1. The summed E-state index contributed by atoms with van der Waals surface area (Å²) in [6, 6.07) is 2.71. The summed E-state index contributed by atoms with van der Waals surface area (Å²) in [6.45, 7) is 1.60. The van der Waals surface area contributed by atoms with Gasteiger partial charge in [0.25, 0.3) is 5.91 Å². The van der Waals surface area contributed by atoms with Crippen LogP contribution in [0.2, 0.25) is 0 Å². The SMILES string of the molecule is Cc1c(C(=O)N(C)[C@H]2CCS(=O)(=O)C2)cnn1-c1ccc(F)cc1F. The Morgan fingerprint density at radius 2 is 2.08 bits per heavy atom. The van der Waals surface area contributed by atoms with Gasteiger partial charge in [0.15, 0.2) is 15.7 Å². The Morgan fingerprint density at radius 3 is 2.68 bits per heavy atom. The van der Waals surface area contributed by atoms with E-state index < -0.39 is 21.5 Å². The van der Waals surface area contributed by atoms with Crippen LogP contribution in [0.15, 0.2) is 24.4 Å². The molecule has 1 amide bonds. The molecule has 0 radical (unpaired) electrons. The van der Waals surface area contributed by atoms with Crippen molar-refractivity contribution >= 4 is 15.7 Å². The average molecular weight is 369 g/mol. The number of rotatable bonds is 3. The molecule has 2 aromatic rings. The molecule has 0 N–H and O–H groups in total. The van der Waals surface area contributed by atoms with E-state index in [4.69, 9.17) is 0 Å². The highest BCUT2D eigenvalue weighted by Gasteiger charge is 2.34. The minimum Gasteiger partial charge on any atom is -0.338 e. The van der Waals surface area contributed by atoms with Crippen molar-refractivity contribution in [1.82, 2.24) is 14.7 Å². The lowest BCUT2D eigenvalue weighted by Gasteiger charge is -2.23. The molecule has 0 saturated carbocycles. The summed E-state index contributed by atoms with van der Waals surface area (Å²) in [4.78, 5) is 14.1. The molecule has 6 nitrogen and oxygen atoms in total. The van der Waals surface area contributed by atoms with E-state index in [9.17, 15) is 22.0 Å². The minimum atomic E-state index is -3.11. The molecule has 1 atom stereocenters. The molecule has 1 aromatic heterocycles. The van der Waals surface area contributed by atoms with Gasteiger partial charge in [0.05, 0.1) is 29.0 Å². The van der Waals surface area contributed by atoms with Gasteiger partial charge in [-0.3, -0.25) is 4.79 Å². The molecule has 134 valence electrons. The Labute approximate surface area is 144 Å². The van der Waals surface area contributed by atoms with Crippen LogP contribution < -0.4 is 0 Å². The van der Waals surface area contributed by atoms with Gasteiger partial charge in [-0.1, -0.05) is 0 Å². The van der Waals surface area contributed by atoms with Crippen molar-refractivity contribution in [3.05, 3.63) is 47.3 Å². The average Bonchev–Trinajstić information content (AvgIpc) is 3.09. The Bertz CT molecular complexity index is 940. The van der Waals surface area contributed by atoms with Crippen molar-refractivity contribution in [1.29, 1.82) is 0 Å². The van der Waals surface area contributed by atoms with Crippen molar-refractivity contribution in [2.24, 2.45) is 0 Å². The van der Waals surface area contributed by atoms with Gasteiger partial charge in [-0.15, -0.1) is 0 Å². The maximum absolute atomic E-state index is 14.0. The topological polar surface area (TPSA) is 72.3 Å². The van der Waals surface area contributed by atoms with Crippen LogP contribution in [0.3, 0.4) is 0 Å². The van der Waals surface area contributed by atoms with Gasteiger partial charge in [-0.2, -0.15) is 5.10 Å². The summed E-state index contributed by atoms with van der Waals surface area (Å²) in [5, 5.41) is 4.02. The molecule has 0 spiro atoms. The fourth-order valence-corrected chi connectivity index (χ4v) is 4.73. The Hall–Kier alpha value is -2.29. The van der Waals surface area contributed by atoms with Crippen LogP contribution in [-0.2, 0) is 9.84 Å². The van der Waals surface area contributed by atoms with E-state index in [1.165, 1.54) is 21.8 Å². The molecule has 9 heteroatoms. The normalized spacial score (nSPS) is 19.1. The second kappa shape index (κ2) is 6.21. The van der Waals surface area contributed by atoms with Gasteiger partial charge in [0.1, 0.15) is 11.5 Å². The maximum Gasteiger partial charge on any atom is 0.257 e. The molecule has 3 rings (SSSR count). The summed E-state index contributed by atoms with van der Waals surface area (Å²) < 4.78 is 51.4. The van der Waals surface area contributed by atoms with Crippen molar-refractivity contribution in [3.63, 3.8) is 0 Å². The first-order valence-corrected chi connectivity index (χ1v) is 9.49. The third-order valence-corrected chi connectivity index (χ3v) is 6.20. The molecule has 0 aliphatic carbocycles. The summed E-state index contributed by atoms with van der Waals surface area (Å²) in [7, 11) is -1.57. The van der Waals surface area contributed by atoms with Gasteiger partial charge in [0, 0.05) is 19.2 Å². The van der Waals surface area contributed by atoms with Gasteiger partial charge in [-0.25, -0.2) is 21.9 Å². The number of amides is 1. The first-order chi connectivity index (χ1) is 11.7. The first kappa shape index (κ1) is 17.5. The third-order valence-electron chi connectivity index (χ3n) is 4.45. The molecule has 0 bridgehead atoms. The van der Waals surface area contributed by atoms with E-state index in [2.05, 4.69) is 5.10 Å². The molecule has 1 aromatic carbocycles. The van der Waals surface area contributed by atoms with Crippen LogP contribution in [-0.4, -0.2) is 53.6 Å². The number of hydrogen-bond donors (Lipinski definition) is 0. The highest BCUT2D eigenvalue weighted by Crippen LogP contribution is 2.22. The van der Waals surface area contributed by atoms with Crippen molar-refractivity contribution in [2.75, 3.05) is 18.6 Å². The lowest BCUT2D eigenvalue weighted by molar-refractivity contribution is 0.0747. The Balaban J connectivity index is 1.89. The summed E-state index contributed by atoms with van der Waals surface area (Å²) >= 11 is 0. The Kier molecular flexibility index (Phi) is 4.36. The second-order valence-corrected chi connectivity index (χ2v) is 8.35. The second-order valence-electron chi connectivity index (χ2n) is 6.12. The monoisotopic (exact) mass is 369 g/mol. The van der Waals surface area contributed by atoms with Gasteiger partial charge >= 0.3 is 0 Å². The minimum absolute atomic E-state index is 0.0315. The first-order valence-electron chi connectivity index (χ1n) is 7.67. The maximum atomic E-state index is 14.0. The van der Waals surface area contributed by atoms with Gasteiger partial charge in [-0.05, 0) is 25.5 Å². The summed E-state index contributed by atoms with van der Waals surface area (Å²) in [6.07, 6.45) is 1.70. The Morgan fingerprint density at radius 1 is 1.36 bits per heavy atom. The zero-order valence-corrected chi connectivity index (χ0v) is 14.6. The van der Waals surface area contributed by atoms with Crippen LogP contribution >= 0.6 is 0 Å². The van der Waals surface area contributed by atoms with E-state index >= 15 is 0 Å². The number of sulfone groups is 1. The number of hydrogen-bond acceptors (Lipinski definition) is 4. The number of halogens is 2. The van der Waals surface area contributed by atoms with Crippen LogP contribution in [0, 0.1) is 18.6 Å². The fraction of sp³-hybridized carbons (Fsp3) is 0.375. The van der Waals surface area contributed by atoms with E-state index in [0.29, 0.717) is 12.1 Å². The number of nitrogens with zero attached hydrogens (tertiary/aromatic N) is 3. The highest BCUT2D eigenvalue weighted by atomic mass is 32.2. The zero-order chi connectivity index (χ0) is 18.4. The van der Waals surface area contributed by atoms with Crippen molar-refractivity contribution in [3.8, 4) is 5.69 Å². The standard InChI is InChI=1S/C16H17F2N3O3S/c1-10-13(16(22)20(2)12-5-6-25(23,24)9-12)8-19-21(10)15-4-3-11(17)7-14(15)18/h3-4,7-8,12H,5-6,9H2,1-2H3/t12-/m0/s1. The highest BCUT2D eigenvalue weighted by molar-refractivity contribution is 7.91. The molecule has 1 saturated heterocycles. The molecule has 1 fully saturated rings. The summed E-state index contributed by atoms with van der Waals surface area (Å²) in [5.74, 6) is -1.87. The largest absolute Gasteiger partial charge is 0.338 e. The van der Waals surface area contributed by atoms with Gasteiger partial charge < -0.3 is 4.90 Å². The fourth-order valence-electron chi connectivity index (χ4n) is 2.95. The molecular weight excluding hydrogens is 352 g/mol. The number of aromatic nitrogens is 2. The van der Waals surface area contributed by atoms with E-state index in [1.54, 1.807) is 14.0 Å². The van der Waals surface area contributed by atoms with Crippen LogP contribution in [0.4, 0.5) is 8.78 Å². The lowest BCUT2D eigenvalue weighted by atomic mass is 10.1. The smallest absolute Gasteiger partial charge is 0.257 e. The van der Waals surface area contributed by atoms with E-state index in [0.717, 1.165) is 12.1 Å². The molecule has 25 heavy (non-hydrogen) atoms. The number of carbonyl (C=O) groups excluding carboxylic acids is 1. The van der Waals surface area contributed by atoms with Gasteiger partial charge in [0.2, 0.25) is 0 Å². The van der Waals surface area contributed by atoms with Crippen molar-refractivity contribution < 1.29 is 22.0 Å². The predicted octanol–water partition coefficient (Wildman–Crippen LogP) is 1.72. The molecular formula is C16H17F2N3O3S. The summed E-state index contributed by atoms with van der Waals surface area (Å²) in [5.41, 5.74) is 0.669. The van der Waals surface area contributed by atoms with Crippen LogP contribution in [0.25, 0.3) is 5.69 Å². The molecule has 1 aliphatic rings. The zero-order valence-electron chi connectivity index (χ0n) is 13.7.